The molecular weight excluding hydrogens is 218 g/mol. The minimum atomic E-state index is -0.160. The topological polar surface area (TPSA) is 78.8 Å². The van der Waals surface area contributed by atoms with Crippen molar-refractivity contribution < 1.29 is 4.74 Å². The van der Waals surface area contributed by atoms with E-state index >= 15 is 0 Å². The van der Waals surface area contributed by atoms with Gasteiger partial charge in [0.25, 0.3) is 0 Å². The standard InChI is InChI=1S/C11H15N5O/c1-8(12)10-14-7-16(15-10)6-9-4-3-5-13-11(9)17-2/h3-5,7-8H,6,12H2,1-2H3. The fourth-order valence-corrected chi connectivity index (χ4v) is 1.50. The van der Waals surface area contributed by atoms with E-state index in [-0.39, 0.29) is 6.04 Å². The summed E-state index contributed by atoms with van der Waals surface area (Å²) in [5, 5.41) is 4.28. The van der Waals surface area contributed by atoms with Gasteiger partial charge in [-0.2, -0.15) is 5.10 Å². The summed E-state index contributed by atoms with van der Waals surface area (Å²) >= 11 is 0. The lowest BCUT2D eigenvalue weighted by molar-refractivity contribution is 0.390. The molecule has 0 saturated heterocycles. The van der Waals surface area contributed by atoms with E-state index in [4.69, 9.17) is 10.5 Å². The third-order valence-electron chi connectivity index (χ3n) is 2.34. The Balaban J connectivity index is 2.19. The van der Waals surface area contributed by atoms with Crippen LogP contribution in [0.3, 0.4) is 0 Å². The Morgan fingerprint density at radius 2 is 2.29 bits per heavy atom. The highest BCUT2D eigenvalue weighted by Crippen LogP contribution is 2.14. The average molecular weight is 233 g/mol. The second kappa shape index (κ2) is 4.92. The van der Waals surface area contributed by atoms with Gasteiger partial charge in [-0.3, -0.25) is 0 Å². The molecule has 90 valence electrons. The van der Waals surface area contributed by atoms with Crippen LogP contribution in [0.4, 0.5) is 0 Å². The van der Waals surface area contributed by atoms with Crippen LogP contribution in [0.2, 0.25) is 0 Å². The first-order valence-electron chi connectivity index (χ1n) is 5.33. The first-order valence-corrected chi connectivity index (χ1v) is 5.33. The van der Waals surface area contributed by atoms with Crippen LogP contribution in [0.15, 0.2) is 24.7 Å². The largest absolute Gasteiger partial charge is 0.481 e. The Morgan fingerprint density at radius 3 is 2.94 bits per heavy atom. The van der Waals surface area contributed by atoms with Crippen LogP contribution in [0.1, 0.15) is 24.4 Å². The maximum absolute atomic E-state index is 5.70. The monoisotopic (exact) mass is 233 g/mol. The van der Waals surface area contributed by atoms with E-state index < -0.39 is 0 Å². The van der Waals surface area contributed by atoms with Gasteiger partial charge in [-0.05, 0) is 13.0 Å². The summed E-state index contributed by atoms with van der Waals surface area (Å²) in [5.41, 5.74) is 6.66. The molecule has 2 aromatic rings. The molecule has 6 heteroatoms. The molecule has 2 N–H and O–H groups in total. The van der Waals surface area contributed by atoms with Crippen LogP contribution in [0.25, 0.3) is 0 Å². The summed E-state index contributed by atoms with van der Waals surface area (Å²) < 4.78 is 6.89. The molecule has 17 heavy (non-hydrogen) atoms. The Kier molecular flexibility index (Phi) is 3.34. The number of aromatic nitrogens is 4. The number of nitrogens with zero attached hydrogens (tertiary/aromatic N) is 4. The second-order valence-electron chi connectivity index (χ2n) is 3.76. The fourth-order valence-electron chi connectivity index (χ4n) is 1.50. The molecule has 2 heterocycles. The zero-order chi connectivity index (χ0) is 12.3. The lowest BCUT2D eigenvalue weighted by Crippen LogP contribution is -2.09. The van der Waals surface area contributed by atoms with Gasteiger partial charge >= 0.3 is 0 Å². The molecule has 0 fully saturated rings. The van der Waals surface area contributed by atoms with Crippen molar-refractivity contribution in [1.82, 2.24) is 19.7 Å². The van der Waals surface area contributed by atoms with Gasteiger partial charge in [-0.15, -0.1) is 0 Å². The van der Waals surface area contributed by atoms with Crippen molar-refractivity contribution in [3.8, 4) is 5.88 Å². The third kappa shape index (κ3) is 2.59. The summed E-state index contributed by atoms with van der Waals surface area (Å²) in [6, 6.07) is 3.65. The van der Waals surface area contributed by atoms with E-state index in [1.54, 1.807) is 24.3 Å². The molecule has 0 aliphatic heterocycles. The smallest absolute Gasteiger partial charge is 0.218 e. The number of hydrogen-bond acceptors (Lipinski definition) is 5. The molecule has 0 spiro atoms. The number of methoxy groups -OCH3 is 1. The van der Waals surface area contributed by atoms with Gasteiger partial charge in [0, 0.05) is 11.8 Å². The number of rotatable bonds is 4. The van der Waals surface area contributed by atoms with Gasteiger partial charge in [-0.25, -0.2) is 14.6 Å². The van der Waals surface area contributed by atoms with Gasteiger partial charge < -0.3 is 10.5 Å². The lowest BCUT2D eigenvalue weighted by atomic mass is 10.3. The number of pyridine rings is 1. The summed E-state index contributed by atoms with van der Waals surface area (Å²) in [6.07, 6.45) is 3.35. The molecule has 0 aliphatic carbocycles. The van der Waals surface area contributed by atoms with Crippen molar-refractivity contribution in [1.29, 1.82) is 0 Å². The van der Waals surface area contributed by atoms with Crippen molar-refractivity contribution in [3.63, 3.8) is 0 Å². The summed E-state index contributed by atoms with van der Waals surface area (Å²) in [5.74, 6) is 1.23. The van der Waals surface area contributed by atoms with E-state index in [9.17, 15) is 0 Å². The highest BCUT2D eigenvalue weighted by Gasteiger charge is 2.08. The first kappa shape index (κ1) is 11.5. The Labute approximate surface area is 99.4 Å². The Bertz CT molecular complexity index is 494. The predicted octanol–water partition coefficient (Wildman–Crippen LogP) is 0.750. The molecule has 0 aromatic carbocycles. The summed E-state index contributed by atoms with van der Waals surface area (Å²) in [7, 11) is 1.60. The van der Waals surface area contributed by atoms with Gasteiger partial charge in [0.2, 0.25) is 5.88 Å². The molecule has 2 rings (SSSR count). The van der Waals surface area contributed by atoms with Crippen molar-refractivity contribution in [2.75, 3.05) is 7.11 Å². The number of hydrogen-bond donors (Lipinski definition) is 1. The first-order chi connectivity index (χ1) is 8.20. The zero-order valence-corrected chi connectivity index (χ0v) is 9.87. The maximum Gasteiger partial charge on any atom is 0.218 e. The van der Waals surface area contributed by atoms with Crippen LogP contribution >= 0.6 is 0 Å². The minimum Gasteiger partial charge on any atom is -0.481 e. The Morgan fingerprint density at radius 1 is 1.47 bits per heavy atom. The van der Waals surface area contributed by atoms with Crippen LogP contribution < -0.4 is 10.5 Å². The molecule has 0 aliphatic rings. The molecular formula is C11H15N5O. The second-order valence-corrected chi connectivity index (χ2v) is 3.76. The minimum absolute atomic E-state index is 0.160. The molecule has 1 atom stereocenters. The van der Waals surface area contributed by atoms with E-state index in [0.717, 1.165) is 5.56 Å². The predicted molar refractivity (Wildman–Crippen MR) is 62.5 cm³/mol. The normalized spacial score (nSPS) is 12.4. The zero-order valence-electron chi connectivity index (χ0n) is 9.87. The lowest BCUT2D eigenvalue weighted by Gasteiger charge is -2.06. The van der Waals surface area contributed by atoms with E-state index in [1.165, 1.54) is 0 Å². The van der Waals surface area contributed by atoms with Crippen LogP contribution in [0.5, 0.6) is 5.88 Å². The van der Waals surface area contributed by atoms with Gasteiger partial charge in [0.05, 0.1) is 19.7 Å². The molecule has 2 aromatic heterocycles. The van der Waals surface area contributed by atoms with Crippen molar-refractivity contribution >= 4 is 0 Å². The molecule has 0 amide bonds. The highest BCUT2D eigenvalue weighted by molar-refractivity contribution is 5.25. The Hall–Kier alpha value is -1.95. The van der Waals surface area contributed by atoms with E-state index in [1.807, 2.05) is 19.1 Å². The van der Waals surface area contributed by atoms with Crippen LogP contribution in [0, 0.1) is 0 Å². The molecule has 0 saturated carbocycles. The maximum atomic E-state index is 5.70. The SMILES string of the molecule is COc1ncccc1Cn1cnc(C(C)N)n1. The van der Waals surface area contributed by atoms with Gasteiger partial charge in [0.1, 0.15) is 6.33 Å². The van der Waals surface area contributed by atoms with Crippen molar-refractivity contribution in [2.45, 2.75) is 19.5 Å². The van der Waals surface area contributed by atoms with Crippen molar-refractivity contribution in [3.05, 3.63) is 36.0 Å². The van der Waals surface area contributed by atoms with Gasteiger partial charge in [-0.1, -0.05) is 6.07 Å². The fraction of sp³-hybridized carbons (Fsp3) is 0.364. The molecule has 6 nitrogen and oxygen atoms in total. The number of nitrogens with two attached hydrogens (primary N) is 1. The summed E-state index contributed by atoms with van der Waals surface area (Å²) in [6.45, 7) is 2.42. The van der Waals surface area contributed by atoms with Crippen LogP contribution in [-0.2, 0) is 6.54 Å². The third-order valence-corrected chi connectivity index (χ3v) is 2.34. The quantitative estimate of drug-likeness (QED) is 0.843. The van der Waals surface area contributed by atoms with E-state index in [0.29, 0.717) is 18.2 Å². The van der Waals surface area contributed by atoms with E-state index in [2.05, 4.69) is 15.1 Å². The highest BCUT2D eigenvalue weighted by atomic mass is 16.5. The van der Waals surface area contributed by atoms with Crippen molar-refractivity contribution in [2.24, 2.45) is 5.73 Å². The average Bonchev–Trinajstić information content (AvgIpc) is 2.78. The van der Waals surface area contributed by atoms with Crippen LogP contribution in [-0.4, -0.2) is 26.9 Å². The molecule has 1 unspecified atom stereocenters. The molecule has 0 radical (unpaired) electrons. The molecule has 0 bridgehead atoms. The van der Waals surface area contributed by atoms with Gasteiger partial charge in [0.15, 0.2) is 5.82 Å². The summed E-state index contributed by atoms with van der Waals surface area (Å²) in [4.78, 5) is 8.26. The number of ether oxygens (including phenoxy) is 1.